The minimum atomic E-state index is -2.99. The van der Waals surface area contributed by atoms with Crippen molar-refractivity contribution in [3.8, 4) is 89.7 Å². The highest BCUT2D eigenvalue weighted by molar-refractivity contribution is 6.19. The largest absolute Gasteiger partial charge is 0.454 e. The molecule has 12 nitrogen and oxygen atoms in total. The lowest BCUT2D eigenvalue weighted by Crippen LogP contribution is -2.31. The molecule has 4 aliphatic rings. The van der Waals surface area contributed by atoms with E-state index in [-0.39, 0.29) is 128 Å². The molecular formula is C116H108N8O4+4. The zero-order valence-electron chi connectivity index (χ0n) is 118. The van der Waals surface area contributed by atoms with Gasteiger partial charge >= 0.3 is 0 Å². The predicted molar refractivity (Wildman–Crippen MR) is 520 cm³/mol. The fourth-order valence-electron chi connectivity index (χ4n) is 19.3. The highest BCUT2D eigenvalue weighted by Crippen LogP contribution is 2.58. The van der Waals surface area contributed by atoms with Crippen LogP contribution in [0.1, 0.15) is 232 Å². The number of pyridine rings is 8. The van der Waals surface area contributed by atoms with Crippen LogP contribution in [0, 0.1) is 82.5 Å². The van der Waals surface area contributed by atoms with Crippen molar-refractivity contribution in [3.05, 3.63) is 331 Å². The first-order chi connectivity index (χ1) is 80.8. The Morgan fingerprint density at radius 2 is 0.602 bits per heavy atom. The SMILES string of the molecule is [2H]C([2H])([2H])c1cc(-c2c(C)ccc3c2oc2c4c(ccc23)C(C([2H])([2H])[2H])(C([2H])([2H])[2H])c2cccnc2-4)[n+](C)cc1C([2H])([2H])[2H].[2H]C([2H])([2H])c1cc(-c2c(C)ccc3c2oc2c4c(ccc23)C(C([2H])([2H])[2H])(C([2H])([2H])[2H])c2ccncc2-4)[n+](C)cc1C([2H])([2H])[2H].[2H]C([2H])([2H])c1cc(-c2c(C)ccc3c2oc2c4c(ccc23)C(C([2H])([2H])[2H])(C([2H])([2H])[2H])c2cnccc2-4)[n+](C)cc1C([2H])([2H])[2H].[2H]C([2H])([2H])c1cc(-c2c(C)ccc3c2oc2c4c(ncc23)C(C([2H])([2H])[2H])(C([2H])([2H])[2H])c2ccccc2-4)[n+](C)cc1C([2H])([2H])[2H]. The zero-order chi connectivity index (χ0) is 129. The Kier molecular flexibility index (Phi) is 9.93. The van der Waals surface area contributed by atoms with Crippen molar-refractivity contribution in [2.24, 2.45) is 28.2 Å². The van der Waals surface area contributed by atoms with Crippen LogP contribution >= 0.6 is 0 Å². The van der Waals surface area contributed by atoms with Crippen LogP contribution in [0.3, 0.4) is 0 Å². The van der Waals surface area contributed by atoms with Crippen LogP contribution in [0.5, 0.6) is 0 Å². The molecule has 12 aromatic heterocycles. The molecule has 0 aliphatic heterocycles. The molecule has 12 heteroatoms. The summed E-state index contributed by atoms with van der Waals surface area (Å²) in [5, 5.41) is 4.77. The molecule has 0 radical (unpaired) electrons. The van der Waals surface area contributed by atoms with E-state index in [1.807, 2.05) is 63.2 Å². The summed E-state index contributed by atoms with van der Waals surface area (Å²) in [6, 6.07) is 42.0. The molecule has 0 atom stereocenters. The molecule has 0 fully saturated rings. The first-order valence-corrected chi connectivity index (χ1v) is 40.8. The summed E-state index contributed by atoms with van der Waals surface area (Å²) in [6.07, 6.45) is 13.7. The second-order valence-corrected chi connectivity index (χ2v) is 33.4. The number of nitrogens with zero attached hydrogens (tertiary/aromatic N) is 8. The number of hydrogen-bond acceptors (Lipinski definition) is 8. The molecule has 0 spiro atoms. The summed E-state index contributed by atoms with van der Waals surface area (Å²) < 4.78 is 428. The van der Waals surface area contributed by atoms with Crippen LogP contribution in [0.2, 0.25) is 0 Å². The molecule has 128 heavy (non-hydrogen) atoms. The number of fused-ring (bicyclic) bond motifs is 28. The van der Waals surface area contributed by atoms with Crippen molar-refractivity contribution >= 4 is 87.8 Å². The maximum atomic E-state index is 8.47. The van der Waals surface area contributed by atoms with E-state index in [0.717, 1.165) is 0 Å². The molecule has 12 heterocycles. The summed E-state index contributed by atoms with van der Waals surface area (Å²) >= 11 is 0. The van der Waals surface area contributed by atoms with Crippen molar-refractivity contribution in [2.75, 3.05) is 0 Å². The van der Waals surface area contributed by atoms with Crippen LogP contribution in [0.25, 0.3) is 177 Å². The Bertz CT molecular complexity index is 9080. The minimum Gasteiger partial charge on any atom is -0.454 e. The molecule has 4 aliphatic carbocycles. The second kappa shape index (κ2) is 28.8. The van der Waals surface area contributed by atoms with Gasteiger partial charge in [0.15, 0.2) is 24.8 Å². The molecule has 8 aromatic carbocycles. The maximum Gasteiger partial charge on any atom is 0.216 e. The van der Waals surface area contributed by atoms with Crippen molar-refractivity contribution in [2.45, 2.75) is 159 Å². The normalized spacial score (nSPS) is 21.3. The van der Waals surface area contributed by atoms with E-state index in [4.69, 9.17) is 83.5 Å². The second-order valence-electron chi connectivity index (χ2n) is 33.4. The van der Waals surface area contributed by atoms with Gasteiger partial charge in [-0.05, 0) is 195 Å². The molecule has 0 amide bonds. The summed E-state index contributed by atoms with van der Waals surface area (Å²) in [4.78, 5) is 17.2. The third-order valence-electron chi connectivity index (χ3n) is 25.7. The Labute approximate surface area is 815 Å². The van der Waals surface area contributed by atoms with Crippen molar-refractivity contribution in [3.63, 3.8) is 0 Å². The van der Waals surface area contributed by atoms with Crippen molar-refractivity contribution < 1.29 is 102 Å². The lowest BCUT2D eigenvalue weighted by Gasteiger charge is -2.20. The van der Waals surface area contributed by atoms with E-state index in [2.05, 4.69) is 19.9 Å². The zero-order valence-corrected chi connectivity index (χ0v) is 70.0. The van der Waals surface area contributed by atoms with E-state index < -0.39 is 131 Å². The molecule has 632 valence electrons. The number of aromatic nitrogens is 8. The third-order valence-corrected chi connectivity index (χ3v) is 25.7. The van der Waals surface area contributed by atoms with Gasteiger partial charge in [-0.1, -0.05) is 170 Å². The summed E-state index contributed by atoms with van der Waals surface area (Å²) in [7, 11) is 6.48. The predicted octanol–water partition coefficient (Wildman–Crippen LogP) is 26.8. The van der Waals surface area contributed by atoms with E-state index in [9.17, 15) is 0 Å². The molecular weight excluding hydrogens is 1570 g/mol. The fourth-order valence-corrected chi connectivity index (χ4v) is 19.3. The Balaban J connectivity index is 0.000000132. The first-order valence-electron chi connectivity index (χ1n) is 64.8. The highest BCUT2D eigenvalue weighted by Gasteiger charge is 2.44. The van der Waals surface area contributed by atoms with Gasteiger partial charge in [-0.25, -0.2) is 18.3 Å². The van der Waals surface area contributed by atoms with Crippen LogP contribution in [0.4, 0.5) is 0 Å². The molecule has 0 bridgehead atoms. The average Bonchev–Trinajstić information content (AvgIpc) is 1.52. The fraction of sp³-hybridized carbons (Fsp3) is 0.241. The molecule has 0 N–H and O–H groups in total. The van der Waals surface area contributed by atoms with Crippen LogP contribution in [-0.2, 0) is 49.9 Å². The van der Waals surface area contributed by atoms with Crippen LogP contribution < -0.4 is 18.3 Å². The Hall–Kier alpha value is -13.8. The number of furan rings is 4. The van der Waals surface area contributed by atoms with Gasteiger partial charge in [-0.3, -0.25) is 19.9 Å². The van der Waals surface area contributed by atoms with Crippen LogP contribution in [-0.4, -0.2) is 19.9 Å². The molecule has 20 aromatic rings. The van der Waals surface area contributed by atoms with Gasteiger partial charge in [0.05, 0.1) is 33.6 Å². The van der Waals surface area contributed by atoms with Gasteiger partial charge in [-0.15, -0.1) is 0 Å². The molecule has 0 saturated carbocycles. The molecule has 0 unspecified atom stereocenters. The van der Waals surface area contributed by atoms with E-state index in [1.165, 1.54) is 133 Å². The van der Waals surface area contributed by atoms with Crippen molar-refractivity contribution in [1.82, 2.24) is 19.9 Å². The maximum absolute atomic E-state index is 8.47. The smallest absolute Gasteiger partial charge is 0.216 e. The molecule has 0 saturated heterocycles. The standard InChI is InChI=1S/4C29H27N2O/c1-16-7-8-19-20-9-10-23-26(21-14-30-12-11-22(21)29(23,4)5)28(20)32-27(19)25(16)24-13-17(2)18(3)15-31(24)6;1-16-7-8-19-20-9-10-22-26(21-11-12-30-14-23(21)29(22,4)5)28(20)32-27(19)25(16)24-13-17(2)18(3)15-31(24)6;1-16-9-10-19-20-11-12-21-25(26-22(29(21,4)5)8-7-13-30-26)28(20)32-27(19)24(16)23-14-17(2)18(3)15-31(23)6;1-16-11-12-19-21-14-30-28-25(20-9-7-8-10-22(20)29(28,4)5)27(21)32-26(19)24(16)23-13-17(2)18(3)15-31(23)6/h4*7-15H,1-6H3/q4*+1/i4*2D3,3D3,4D3,5D3. The Morgan fingerprint density at radius 1 is 0.258 bits per heavy atom. The Morgan fingerprint density at radius 3 is 1.05 bits per heavy atom. The van der Waals surface area contributed by atoms with Crippen LogP contribution in [0.15, 0.2) is 237 Å². The lowest BCUT2D eigenvalue weighted by molar-refractivity contribution is -0.660. The lowest BCUT2D eigenvalue weighted by atomic mass is 9.82. The van der Waals surface area contributed by atoms with E-state index in [0.29, 0.717) is 161 Å². The van der Waals surface area contributed by atoms with E-state index in [1.54, 1.807) is 97.3 Å². The van der Waals surface area contributed by atoms with Crippen molar-refractivity contribution in [1.29, 1.82) is 0 Å². The number of rotatable bonds is 4. The quantitative estimate of drug-likeness (QED) is 0.160. The number of benzene rings is 8. The van der Waals surface area contributed by atoms with Gasteiger partial charge in [0.25, 0.3) is 0 Å². The first kappa shape index (κ1) is 44.1. The summed E-state index contributed by atoms with van der Waals surface area (Å²) in [5.41, 5.74) is 0.0821. The van der Waals surface area contributed by atoms with Gasteiger partial charge in [-0.2, -0.15) is 0 Å². The number of aryl methyl sites for hydroxylation is 16. The van der Waals surface area contributed by atoms with Gasteiger partial charge < -0.3 is 17.7 Å². The van der Waals surface area contributed by atoms with Gasteiger partial charge in [0.1, 0.15) is 72.9 Å². The highest BCUT2D eigenvalue weighted by atomic mass is 16.3. The third kappa shape index (κ3) is 11.8. The van der Waals surface area contributed by atoms with Gasteiger partial charge in [0.2, 0.25) is 22.8 Å². The van der Waals surface area contributed by atoms with Gasteiger partial charge in [0, 0.05) is 242 Å². The summed E-state index contributed by atoms with van der Waals surface area (Å²) in [5.74, 6) is 0. The monoisotopic (exact) mass is 1730 g/mol. The topological polar surface area (TPSA) is 120 Å². The summed E-state index contributed by atoms with van der Waals surface area (Å²) in [6.45, 7) is -38.0. The average molecular weight is 1730 g/mol. The number of hydrogen-bond donors (Lipinski definition) is 0. The minimum absolute atomic E-state index is 0.0632. The van der Waals surface area contributed by atoms with E-state index >= 15 is 0 Å². The molecule has 24 rings (SSSR count).